The molecular weight excluding hydrogens is 272 g/mol. The summed E-state index contributed by atoms with van der Waals surface area (Å²) in [5.41, 5.74) is 0.480. The highest BCUT2D eigenvalue weighted by molar-refractivity contribution is 6.26. The lowest BCUT2D eigenvalue weighted by atomic mass is 9.93. The molecule has 3 rings (SSSR count). The van der Waals surface area contributed by atoms with Crippen LogP contribution in [0.15, 0.2) is 43.0 Å². The van der Waals surface area contributed by atoms with Crippen LogP contribution in [0.2, 0.25) is 0 Å². The normalized spacial score (nSPS) is 13.6. The molecule has 0 unspecified atom stereocenters. The first kappa shape index (κ1) is 13.0. The Morgan fingerprint density at radius 1 is 1.14 bits per heavy atom. The minimum Gasteiger partial charge on any atom is -0.270 e. The lowest BCUT2D eigenvalue weighted by Crippen LogP contribution is -2.40. The van der Waals surface area contributed by atoms with E-state index in [-0.39, 0.29) is 12.2 Å². The summed E-state index contributed by atoms with van der Waals surface area (Å²) in [7, 11) is 0. The van der Waals surface area contributed by atoms with Gasteiger partial charge in [-0.15, -0.1) is 6.58 Å². The second kappa shape index (κ2) is 4.52. The molecule has 0 aliphatic carbocycles. The van der Waals surface area contributed by atoms with Crippen LogP contribution in [0.5, 0.6) is 0 Å². The smallest absolute Gasteiger partial charge is 0.270 e. The van der Waals surface area contributed by atoms with Gasteiger partial charge in [0.15, 0.2) is 0 Å². The number of rotatable bonds is 3. The van der Waals surface area contributed by atoms with Crippen LogP contribution in [-0.2, 0) is 0 Å². The number of nitro benzene ring substituents is 1. The number of benzene rings is 2. The van der Waals surface area contributed by atoms with Gasteiger partial charge in [-0.1, -0.05) is 12.1 Å². The van der Waals surface area contributed by atoms with Crippen molar-refractivity contribution in [1.29, 1.82) is 0 Å². The van der Waals surface area contributed by atoms with Crippen molar-refractivity contribution >= 4 is 28.3 Å². The third kappa shape index (κ3) is 1.73. The Balaban J connectivity index is 2.38. The first-order valence-corrected chi connectivity index (χ1v) is 6.23. The molecule has 1 aliphatic heterocycles. The van der Waals surface area contributed by atoms with Crippen molar-refractivity contribution in [2.75, 3.05) is 6.54 Å². The minimum absolute atomic E-state index is 0.102. The summed E-state index contributed by atoms with van der Waals surface area (Å²) >= 11 is 0. The summed E-state index contributed by atoms with van der Waals surface area (Å²) in [6.45, 7) is 3.63. The van der Waals surface area contributed by atoms with E-state index in [1.165, 1.54) is 18.2 Å². The predicted molar refractivity (Wildman–Crippen MR) is 76.2 cm³/mol. The van der Waals surface area contributed by atoms with Gasteiger partial charge in [0.2, 0.25) is 0 Å². The van der Waals surface area contributed by atoms with Crippen LogP contribution in [0.25, 0.3) is 10.8 Å². The van der Waals surface area contributed by atoms with Gasteiger partial charge in [0.25, 0.3) is 17.5 Å². The fraction of sp³-hybridized carbons (Fsp3) is 0.0667. The molecule has 0 spiro atoms. The van der Waals surface area contributed by atoms with E-state index in [2.05, 4.69) is 6.58 Å². The van der Waals surface area contributed by atoms with Gasteiger partial charge in [-0.05, 0) is 18.2 Å². The zero-order chi connectivity index (χ0) is 15.1. The summed E-state index contributed by atoms with van der Waals surface area (Å²) in [6, 6.07) is 7.38. The van der Waals surface area contributed by atoms with Gasteiger partial charge >= 0.3 is 0 Å². The fourth-order valence-corrected chi connectivity index (χ4v) is 2.58. The number of non-ortho nitro benzene ring substituents is 1. The zero-order valence-corrected chi connectivity index (χ0v) is 10.9. The molecule has 2 aromatic carbocycles. The lowest BCUT2D eigenvalue weighted by molar-refractivity contribution is -0.383. The van der Waals surface area contributed by atoms with Gasteiger partial charge in [0.05, 0.1) is 10.3 Å². The van der Waals surface area contributed by atoms with E-state index in [0.29, 0.717) is 21.9 Å². The van der Waals surface area contributed by atoms with Gasteiger partial charge < -0.3 is 0 Å². The molecule has 0 radical (unpaired) electrons. The quantitative estimate of drug-likeness (QED) is 0.375. The molecule has 0 saturated carbocycles. The maximum atomic E-state index is 12.4. The van der Waals surface area contributed by atoms with Crippen molar-refractivity contribution in [3.05, 3.63) is 64.2 Å². The van der Waals surface area contributed by atoms with Crippen molar-refractivity contribution < 1.29 is 14.5 Å². The molecule has 21 heavy (non-hydrogen) atoms. The SMILES string of the molecule is C=CCN1C(=O)c2cccc3c([N+](=O)[O-])ccc(c23)C1=O. The van der Waals surface area contributed by atoms with E-state index in [1.807, 2.05) is 0 Å². The second-order valence-corrected chi connectivity index (χ2v) is 4.63. The molecule has 0 aromatic heterocycles. The Bertz CT molecular complexity index is 804. The zero-order valence-electron chi connectivity index (χ0n) is 10.9. The summed E-state index contributed by atoms with van der Waals surface area (Å²) in [4.78, 5) is 36.4. The van der Waals surface area contributed by atoms with E-state index in [4.69, 9.17) is 0 Å². The van der Waals surface area contributed by atoms with E-state index in [0.717, 1.165) is 4.90 Å². The lowest BCUT2D eigenvalue weighted by Gasteiger charge is -2.25. The molecule has 1 aliphatic rings. The third-order valence-corrected chi connectivity index (χ3v) is 3.48. The Kier molecular flexibility index (Phi) is 2.79. The number of amides is 2. The number of nitro groups is 1. The highest BCUT2D eigenvalue weighted by atomic mass is 16.6. The van der Waals surface area contributed by atoms with Gasteiger partial charge in [0.1, 0.15) is 0 Å². The van der Waals surface area contributed by atoms with E-state index >= 15 is 0 Å². The summed E-state index contributed by atoms with van der Waals surface area (Å²) in [5, 5.41) is 11.7. The highest BCUT2D eigenvalue weighted by Crippen LogP contribution is 2.35. The molecule has 0 atom stereocenters. The molecule has 0 saturated heterocycles. The maximum Gasteiger partial charge on any atom is 0.277 e. The van der Waals surface area contributed by atoms with Crippen molar-refractivity contribution in [1.82, 2.24) is 4.90 Å². The van der Waals surface area contributed by atoms with E-state index in [1.54, 1.807) is 18.2 Å². The molecule has 6 nitrogen and oxygen atoms in total. The maximum absolute atomic E-state index is 12.4. The molecule has 2 amide bonds. The first-order valence-electron chi connectivity index (χ1n) is 6.23. The Morgan fingerprint density at radius 2 is 1.81 bits per heavy atom. The summed E-state index contributed by atoms with van der Waals surface area (Å²) in [6.07, 6.45) is 1.46. The van der Waals surface area contributed by atoms with Crippen LogP contribution in [0, 0.1) is 10.1 Å². The molecule has 1 heterocycles. The van der Waals surface area contributed by atoms with Crippen LogP contribution in [0.1, 0.15) is 20.7 Å². The van der Waals surface area contributed by atoms with Crippen LogP contribution >= 0.6 is 0 Å². The molecule has 0 N–H and O–H groups in total. The molecule has 2 aromatic rings. The minimum atomic E-state index is -0.520. The van der Waals surface area contributed by atoms with Crippen molar-refractivity contribution in [2.45, 2.75) is 0 Å². The van der Waals surface area contributed by atoms with Gasteiger partial charge in [-0.3, -0.25) is 24.6 Å². The highest BCUT2D eigenvalue weighted by Gasteiger charge is 2.33. The monoisotopic (exact) mass is 282 g/mol. The number of carbonyl (C=O) groups excluding carboxylic acids is 2. The third-order valence-electron chi connectivity index (χ3n) is 3.48. The van der Waals surface area contributed by atoms with Crippen molar-refractivity contribution in [3.63, 3.8) is 0 Å². The Labute approximate surface area is 119 Å². The molecule has 104 valence electrons. The average Bonchev–Trinajstić information content (AvgIpc) is 2.48. The van der Waals surface area contributed by atoms with Crippen LogP contribution in [0.3, 0.4) is 0 Å². The van der Waals surface area contributed by atoms with Crippen LogP contribution < -0.4 is 0 Å². The predicted octanol–water partition coefficient (Wildman–Crippen LogP) is 2.53. The van der Waals surface area contributed by atoms with Crippen LogP contribution in [0.4, 0.5) is 5.69 Å². The van der Waals surface area contributed by atoms with Crippen LogP contribution in [-0.4, -0.2) is 28.2 Å². The Hall–Kier alpha value is -3.02. The van der Waals surface area contributed by atoms with Gasteiger partial charge in [-0.25, -0.2) is 0 Å². The number of nitrogens with zero attached hydrogens (tertiary/aromatic N) is 2. The number of carbonyl (C=O) groups is 2. The summed E-state index contributed by atoms with van der Waals surface area (Å²) < 4.78 is 0. The van der Waals surface area contributed by atoms with Gasteiger partial charge in [-0.2, -0.15) is 0 Å². The fourth-order valence-electron chi connectivity index (χ4n) is 2.58. The second-order valence-electron chi connectivity index (χ2n) is 4.63. The van der Waals surface area contributed by atoms with Crippen molar-refractivity contribution in [3.8, 4) is 0 Å². The van der Waals surface area contributed by atoms with Gasteiger partial charge in [0, 0.05) is 29.1 Å². The first-order chi connectivity index (χ1) is 10.1. The molecule has 0 fully saturated rings. The summed E-state index contributed by atoms with van der Waals surface area (Å²) in [5.74, 6) is -0.919. The standard InChI is InChI=1S/C15H10N2O4/c1-2-8-16-14(18)10-5-3-4-9-12(17(20)21)7-6-11(13(9)10)15(16)19/h2-7H,1,8H2. The molecular formula is C15H10N2O4. The molecule has 6 heteroatoms. The molecule has 0 bridgehead atoms. The van der Waals surface area contributed by atoms with E-state index < -0.39 is 16.7 Å². The Morgan fingerprint density at radius 3 is 2.43 bits per heavy atom. The number of hydrogen-bond donors (Lipinski definition) is 0. The largest absolute Gasteiger partial charge is 0.277 e. The number of imide groups is 1. The number of hydrogen-bond acceptors (Lipinski definition) is 4. The topological polar surface area (TPSA) is 80.5 Å². The average molecular weight is 282 g/mol. The van der Waals surface area contributed by atoms with Crippen molar-refractivity contribution in [2.24, 2.45) is 0 Å². The van der Waals surface area contributed by atoms with E-state index in [9.17, 15) is 19.7 Å².